The molecule has 5 nitrogen and oxygen atoms in total. The molecule has 1 heterocycles. The van der Waals surface area contributed by atoms with Gasteiger partial charge in [0.15, 0.2) is 0 Å². The summed E-state index contributed by atoms with van der Waals surface area (Å²) in [6.07, 6.45) is 3.94. The Morgan fingerprint density at radius 3 is 2.76 bits per heavy atom. The van der Waals surface area contributed by atoms with Crippen LogP contribution in [0, 0.1) is 0 Å². The van der Waals surface area contributed by atoms with Gasteiger partial charge in [0.2, 0.25) is 11.8 Å². The third-order valence-electron chi connectivity index (χ3n) is 4.01. The second-order valence-electron chi connectivity index (χ2n) is 6.06. The zero-order valence-electron chi connectivity index (χ0n) is 14.3. The average Bonchev–Trinajstić information content (AvgIpc) is 2.62. The van der Waals surface area contributed by atoms with Crippen LogP contribution in [-0.2, 0) is 9.59 Å². The first-order valence-electron chi connectivity index (χ1n) is 8.71. The van der Waals surface area contributed by atoms with Gasteiger partial charge >= 0.3 is 0 Å². The van der Waals surface area contributed by atoms with Crippen LogP contribution in [0.25, 0.3) is 0 Å². The molecule has 0 saturated carbocycles. The summed E-state index contributed by atoms with van der Waals surface area (Å²) in [7, 11) is 3.36. The first-order valence-corrected chi connectivity index (χ1v) is 11.2. The van der Waals surface area contributed by atoms with Crippen molar-refractivity contribution in [2.45, 2.75) is 44.2 Å². The Morgan fingerprint density at radius 1 is 1.20 bits per heavy atom. The van der Waals surface area contributed by atoms with E-state index in [1.807, 2.05) is 30.3 Å². The number of hydrogen-bond donors (Lipinski definition) is 3. The molecule has 2 atom stereocenters. The van der Waals surface area contributed by atoms with Gasteiger partial charge in [-0.25, -0.2) is 0 Å². The first-order chi connectivity index (χ1) is 12.2. The summed E-state index contributed by atoms with van der Waals surface area (Å²) < 4.78 is 0. The van der Waals surface area contributed by atoms with Crippen molar-refractivity contribution in [2.75, 3.05) is 18.1 Å². The first kappa shape index (κ1) is 20.1. The van der Waals surface area contributed by atoms with E-state index in [4.69, 9.17) is 0 Å². The summed E-state index contributed by atoms with van der Waals surface area (Å²) >= 11 is 0. The minimum Gasteiger partial charge on any atom is -0.387 e. The number of amides is 2. The molecular weight excluding hydrogens is 356 g/mol. The Hall–Kier alpha value is -1.18. The number of aliphatic hydroxyl groups excluding tert-OH is 1. The number of benzene rings is 1. The molecule has 25 heavy (non-hydrogen) atoms. The molecule has 2 amide bonds. The predicted molar refractivity (Wildman–Crippen MR) is 104 cm³/mol. The highest BCUT2D eigenvalue weighted by atomic mass is 33.1. The van der Waals surface area contributed by atoms with Crippen molar-refractivity contribution in [3.05, 3.63) is 35.9 Å². The Balaban J connectivity index is 1.86. The monoisotopic (exact) mass is 382 g/mol. The molecule has 2 rings (SSSR count). The molecule has 1 saturated heterocycles. The lowest BCUT2D eigenvalue weighted by atomic mass is 10.1. The summed E-state index contributed by atoms with van der Waals surface area (Å²) in [5.74, 6) is 1.28. The second-order valence-corrected chi connectivity index (χ2v) is 8.69. The van der Waals surface area contributed by atoms with Crippen LogP contribution in [0.2, 0.25) is 0 Å². The molecule has 0 aliphatic carbocycles. The van der Waals surface area contributed by atoms with Crippen LogP contribution in [0.3, 0.4) is 0 Å². The Labute approximate surface area is 157 Å². The van der Waals surface area contributed by atoms with Gasteiger partial charge in [0, 0.05) is 24.5 Å². The third-order valence-corrected chi connectivity index (χ3v) is 6.50. The summed E-state index contributed by atoms with van der Waals surface area (Å²) in [6, 6.07) is 8.65. The standard InChI is InChI=1S/C18H26N2O3S2/c21-16(14-8-4-3-5-9-14)12-19-18(23)15-13-25-24-11-7-2-1-6-10-17(22)20-15/h3-5,8-9,15-16,21H,1-2,6-7,10-13H2,(H,19,23)(H,20,22)/t15-,16?/m0/s1. The molecule has 0 radical (unpaired) electrons. The van der Waals surface area contributed by atoms with Crippen molar-refractivity contribution in [1.82, 2.24) is 10.6 Å². The average molecular weight is 383 g/mol. The molecule has 1 aliphatic heterocycles. The summed E-state index contributed by atoms with van der Waals surface area (Å²) in [4.78, 5) is 24.5. The molecule has 0 bridgehead atoms. The molecule has 0 aromatic heterocycles. The molecular formula is C18H26N2O3S2. The molecule has 1 aromatic rings. The number of carbonyl (C=O) groups is 2. The van der Waals surface area contributed by atoms with E-state index in [-0.39, 0.29) is 18.4 Å². The van der Waals surface area contributed by atoms with E-state index in [2.05, 4.69) is 10.6 Å². The van der Waals surface area contributed by atoms with Gasteiger partial charge in [-0.15, -0.1) is 0 Å². The van der Waals surface area contributed by atoms with E-state index in [0.29, 0.717) is 12.2 Å². The lowest BCUT2D eigenvalue weighted by molar-refractivity contribution is -0.128. The number of nitrogens with one attached hydrogen (secondary N) is 2. The van der Waals surface area contributed by atoms with Crippen LogP contribution in [0.5, 0.6) is 0 Å². The van der Waals surface area contributed by atoms with E-state index < -0.39 is 12.1 Å². The lowest BCUT2D eigenvalue weighted by Crippen LogP contribution is -2.49. The third kappa shape index (κ3) is 7.71. The maximum atomic E-state index is 12.4. The zero-order chi connectivity index (χ0) is 17.9. The van der Waals surface area contributed by atoms with Gasteiger partial charge < -0.3 is 15.7 Å². The fourth-order valence-electron chi connectivity index (χ4n) is 2.54. The van der Waals surface area contributed by atoms with Crippen LogP contribution >= 0.6 is 21.6 Å². The van der Waals surface area contributed by atoms with Crippen molar-refractivity contribution in [3.63, 3.8) is 0 Å². The van der Waals surface area contributed by atoms with Crippen LogP contribution in [-0.4, -0.2) is 41.0 Å². The largest absolute Gasteiger partial charge is 0.387 e. The summed E-state index contributed by atoms with van der Waals surface area (Å²) in [6.45, 7) is 0.132. The molecule has 0 spiro atoms. The molecule has 3 N–H and O–H groups in total. The normalized spacial score (nSPS) is 21.3. The minimum atomic E-state index is -0.755. The van der Waals surface area contributed by atoms with Gasteiger partial charge in [0.25, 0.3) is 0 Å². The smallest absolute Gasteiger partial charge is 0.243 e. The maximum absolute atomic E-state index is 12.4. The molecule has 1 unspecified atom stereocenters. The molecule has 7 heteroatoms. The quantitative estimate of drug-likeness (QED) is 0.698. The number of hydrogen-bond acceptors (Lipinski definition) is 5. The second kappa shape index (κ2) is 11.4. The number of aliphatic hydroxyl groups is 1. The number of rotatable bonds is 4. The highest BCUT2D eigenvalue weighted by molar-refractivity contribution is 8.76. The van der Waals surface area contributed by atoms with Crippen molar-refractivity contribution < 1.29 is 14.7 Å². The van der Waals surface area contributed by atoms with Crippen molar-refractivity contribution >= 4 is 33.4 Å². The number of carbonyl (C=O) groups excluding carboxylic acids is 2. The Morgan fingerprint density at radius 2 is 1.96 bits per heavy atom. The van der Waals surface area contributed by atoms with Gasteiger partial charge in [-0.05, 0) is 18.4 Å². The van der Waals surface area contributed by atoms with Crippen LogP contribution in [0.1, 0.15) is 43.8 Å². The van der Waals surface area contributed by atoms with Gasteiger partial charge in [-0.2, -0.15) is 0 Å². The minimum absolute atomic E-state index is 0.0741. The van der Waals surface area contributed by atoms with Gasteiger partial charge in [-0.3, -0.25) is 9.59 Å². The van der Waals surface area contributed by atoms with Crippen molar-refractivity contribution in [1.29, 1.82) is 0 Å². The summed E-state index contributed by atoms with van der Waals surface area (Å²) in [5.41, 5.74) is 0.760. The zero-order valence-corrected chi connectivity index (χ0v) is 15.9. The van der Waals surface area contributed by atoms with Crippen molar-refractivity contribution in [2.24, 2.45) is 0 Å². The van der Waals surface area contributed by atoms with Crippen molar-refractivity contribution in [3.8, 4) is 0 Å². The summed E-state index contributed by atoms with van der Waals surface area (Å²) in [5, 5.41) is 15.7. The highest BCUT2D eigenvalue weighted by Gasteiger charge is 2.22. The topological polar surface area (TPSA) is 78.4 Å². The van der Waals surface area contributed by atoms with E-state index in [9.17, 15) is 14.7 Å². The molecule has 1 fully saturated rings. The van der Waals surface area contributed by atoms with Gasteiger partial charge in [0.05, 0.1) is 6.10 Å². The SMILES string of the molecule is O=C1CCCCCCSSC[C@@H](C(=O)NCC(O)c2ccccc2)N1. The van der Waals surface area contributed by atoms with Gasteiger partial charge in [-0.1, -0.05) is 64.8 Å². The van der Waals surface area contributed by atoms with Crippen LogP contribution < -0.4 is 10.6 Å². The van der Waals surface area contributed by atoms with E-state index in [1.54, 1.807) is 21.6 Å². The molecule has 1 aromatic carbocycles. The van der Waals surface area contributed by atoms with Crippen LogP contribution in [0.15, 0.2) is 30.3 Å². The Bertz CT molecular complexity index is 542. The maximum Gasteiger partial charge on any atom is 0.243 e. The Kier molecular flexibility index (Phi) is 9.21. The van der Waals surface area contributed by atoms with E-state index >= 15 is 0 Å². The van der Waals surface area contributed by atoms with E-state index in [1.165, 1.54) is 0 Å². The molecule has 1 aliphatic rings. The highest BCUT2D eigenvalue weighted by Crippen LogP contribution is 2.24. The fraction of sp³-hybridized carbons (Fsp3) is 0.556. The van der Waals surface area contributed by atoms with Gasteiger partial charge in [0.1, 0.15) is 6.04 Å². The van der Waals surface area contributed by atoms with Crippen LogP contribution in [0.4, 0.5) is 0 Å². The van der Waals surface area contributed by atoms with E-state index in [0.717, 1.165) is 37.0 Å². The fourth-order valence-corrected chi connectivity index (χ4v) is 4.85. The lowest BCUT2D eigenvalue weighted by Gasteiger charge is -2.20. The molecule has 138 valence electrons. The predicted octanol–water partition coefficient (Wildman–Crippen LogP) is 2.67.